The fraction of sp³-hybridized carbons (Fsp3) is 0.0769. The van der Waals surface area contributed by atoms with E-state index in [1.165, 1.54) is 6.20 Å². The highest BCUT2D eigenvalue weighted by atomic mass is 16.4. The molecule has 5 heteroatoms. The minimum absolute atomic E-state index is 0.296. The average molecular weight is 242 g/mol. The smallest absolute Gasteiger partial charge is 0.392 e. The van der Waals surface area contributed by atoms with Gasteiger partial charge in [0.05, 0.1) is 11.9 Å². The van der Waals surface area contributed by atoms with E-state index in [4.69, 9.17) is 9.52 Å². The summed E-state index contributed by atoms with van der Waals surface area (Å²) < 4.78 is 7.16. The van der Waals surface area contributed by atoms with Crippen LogP contribution in [0.3, 0.4) is 0 Å². The van der Waals surface area contributed by atoms with E-state index in [1.807, 2.05) is 41.9 Å². The van der Waals surface area contributed by atoms with Crippen molar-refractivity contribution in [2.24, 2.45) is 7.05 Å². The summed E-state index contributed by atoms with van der Waals surface area (Å²) in [5.74, 6) is -1.01. The lowest BCUT2D eigenvalue weighted by Crippen LogP contribution is -1.94. The van der Waals surface area contributed by atoms with Gasteiger partial charge in [0.1, 0.15) is 0 Å². The molecule has 0 fully saturated rings. The van der Waals surface area contributed by atoms with Crippen molar-refractivity contribution in [1.82, 2.24) is 9.55 Å². The summed E-state index contributed by atoms with van der Waals surface area (Å²) in [6, 6.07) is 9.84. The van der Waals surface area contributed by atoms with E-state index in [1.54, 1.807) is 0 Å². The number of carboxylic acids is 1. The highest BCUT2D eigenvalue weighted by molar-refractivity contribution is 5.87. The average Bonchev–Trinajstić information content (AvgIpc) is 2.95. The number of carbonyl (C=O) groups is 1. The Hall–Kier alpha value is -2.56. The molecule has 0 unspecified atom stereocenters. The van der Waals surface area contributed by atoms with Crippen molar-refractivity contribution in [3.05, 3.63) is 42.4 Å². The van der Waals surface area contributed by atoms with E-state index < -0.39 is 5.97 Å². The quantitative estimate of drug-likeness (QED) is 0.749. The second-order valence-corrected chi connectivity index (χ2v) is 3.98. The third kappa shape index (κ3) is 1.48. The largest absolute Gasteiger partial charge is 0.474 e. The summed E-state index contributed by atoms with van der Waals surface area (Å²) in [4.78, 5) is 14.5. The Morgan fingerprint density at radius 2 is 2.17 bits per heavy atom. The van der Waals surface area contributed by atoms with Crippen molar-refractivity contribution in [2.45, 2.75) is 0 Å². The van der Waals surface area contributed by atoms with Crippen LogP contribution in [0.15, 0.2) is 40.9 Å². The monoisotopic (exact) mass is 242 g/mol. The van der Waals surface area contributed by atoms with E-state index in [-0.39, 0.29) is 5.89 Å². The summed E-state index contributed by atoms with van der Waals surface area (Å²) in [6.07, 6.45) is 1.43. The van der Waals surface area contributed by atoms with Crippen molar-refractivity contribution in [2.75, 3.05) is 0 Å². The molecule has 1 aromatic carbocycles. The number of benzene rings is 1. The summed E-state index contributed by atoms with van der Waals surface area (Å²) in [6.45, 7) is 0. The number of hydrogen-bond donors (Lipinski definition) is 1. The Kier molecular flexibility index (Phi) is 2.19. The molecule has 0 bridgehead atoms. The molecule has 0 spiro atoms. The first-order chi connectivity index (χ1) is 8.66. The number of fused-ring (bicyclic) bond motifs is 1. The Bertz CT molecular complexity index is 740. The standard InChI is InChI=1S/C13H10N2O3/c1-15-9-5-3-2-4-8(9)6-10(15)11-7-14-12(18-11)13(16)17/h2-7H,1H3,(H,16,17). The molecular formula is C13H10N2O3. The lowest BCUT2D eigenvalue weighted by molar-refractivity contribution is 0.0654. The number of aromatic carboxylic acids is 1. The van der Waals surface area contributed by atoms with Gasteiger partial charge in [-0.25, -0.2) is 9.78 Å². The van der Waals surface area contributed by atoms with E-state index in [2.05, 4.69) is 4.98 Å². The first kappa shape index (κ1) is 10.6. The molecule has 3 aromatic rings. The molecular weight excluding hydrogens is 232 g/mol. The van der Waals surface area contributed by atoms with Crippen molar-refractivity contribution < 1.29 is 14.3 Å². The Morgan fingerprint density at radius 3 is 2.83 bits per heavy atom. The highest BCUT2D eigenvalue weighted by Crippen LogP contribution is 2.27. The fourth-order valence-electron chi connectivity index (χ4n) is 2.02. The van der Waals surface area contributed by atoms with Gasteiger partial charge in [0, 0.05) is 18.0 Å². The van der Waals surface area contributed by atoms with Crippen LogP contribution in [0.4, 0.5) is 0 Å². The minimum atomic E-state index is -1.17. The molecule has 0 aliphatic carbocycles. The number of aromatic nitrogens is 2. The molecule has 0 atom stereocenters. The molecule has 90 valence electrons. The van der Waals surface area contributed by atoms with Crippen molar-refractivity contribution in [1.29, 1.82) is 0 Å². The SMILES string of the molecule is Cn1c(-c2cnc(C(=O)O)o2)cc2ccccc21. The fourth-order valence-corrected chi connectivity index (χ4v) is 2.02. The number of aryl methyl sites for hydroxylation is 1. The van der Waals surface area contributed by atoms with Crippen LogP contribution in [0.2, 0.25) is 0 Å². The molecule has 1 N–H and O–H groups in total. The van der Waals surface area contributed by atoms with Gasteiger partial charge in [-0.1, -0.05) is 18.2 Å². The number of nitrogens with zero attached hydrogens (tertiary/aromatic N) is 2. The maximum absolute atomic E-state index is 10.7. The minimum Gasteiger partial charge on any atom is -0.474 e. The molecule has 0 amide bonds. The number of para-hydroxylation sites is 1. The van der Waals surface area contributed by atoms with E-state index in [0.29, 0.717) is 5.76 Å². The zero-order valence-electron chi connectivity index (χ0n) is 9.62. The summed E-state index contributed by atoms with van der Waals surface area (Å²) in [7, 11) is 1.90. The third-order valence-electron chi connectivity index (χ3n) is 2.89. The summed E-state index contributed by atoms with van der Waals surface area (Å²) in [5, 5.41) is 9.86. The van der Waals surface area contributed by atoms with Gasteiger partial charge in [-0.05, 0) is 12.1 Å². The van der Waals surface area contributed by atoms with Crippen LogP contribution in [0.5, 0.6) is 0 Å². The first-order valence-corrected chi connectivity index (χ1v) is 5.41. The molecule has 2 heterocycles. The van der Waals surface area contributed by atoms with Crippen LogP contribution in [0.1, 0.15) is 10.7 Å². The van der Waals surface area contributed by atoms with Crippen LogP contribution in [-0.2, 0) is 7.05 Å². The van der Waals surface area contributed by atoms with E-state index in [0.717, 1.165) is 16.6 Å². The number of hydrogen-bond acceptors (Lipinski definition) is 3. The van der Waals surface area contributed by atoms with Gasteiger partial charge in [-0.2, -0.15) is 0 Å². The first-order valence-electron chi connectivity index (χ1n) is 5.41. The number of carboxylic acid groups (broad SMARTS) is 1. The molecule has 0 aliphatic heterocycles. The van der Waals surface area contributed by atoms with E-state index >= 15 is 0 Å². The van der Waals surface area contributed by atoms with Crippen LogP contribution in [0, 0.1) is 0 Å². The topological polar surface area (TPSA) is 68.3 Å². The molecule has 2 aromatic heterocycles. The lowest BCUT2D eigenvalue weighted by atomic mass is 10.2. The molecule has 18 heavy (non-hydrogen) atoms. The predicted octanol–water partition coefficient (Wildman–Crippen LogP) is 2.53. The Balaban J connectivity index is 2.18. The maximum Gasteiger partial charge on any atom is 0.392 e. The van der Waals surface area contributed by atoms with Crippen LogP contribution >= 0.6 is 0 Å². The van der Waals surface area contributed by atoms with Gasteiger partial charge in [0.25, 0.3) is 0 Å². The van der Waals surface area contributed by atoms with Gasteiger partial charge >= 0.3 is 11.9 Å². The third-order valence-corrected chi connectivity index (χ3v) is 2.89. The maximum atomic E-state index is 10.7. The number of oxazole rings is 1. The van der Waals surface area contributed by atoms with Crippen LogP contribution in [0.25, 0.3) is 22.4 Å². The molecule has 5 nitrogen and oxygen atoms in total. The lowest BCUT2D eigenvalue weighted by Gasteiger charge is -1.99. The van der Waals surface area contributed by atoms with Crippen molar-refractivity contribution >= 4 is 16.9 Å². The number of rotatable bonds is 2. The molecule has 0 aliphatic rings. The molecule has 3 rings (SSSR count). The zero-order chi connectivity index (χ0) is 12.7. The summed E-state index contributed by atoms with van der Waals surface area (Å²) >= 11 is 0. The van der Waals surface area contributed by atoms with Gasteiger partial charge in [0.2, 0.25) is 0 Å². The second kappa shape index (κ2) is 3.73. The van der Waals surface area contributed by atoms with Crippen LogP contribution in [-0.4, -0.2) is 20.6 Å². The zero-order valence-corrected chi connectivity index (χ0v) is 9.62. The molecule has 0 saturated carbocycles. The van der Waals surface area contributed by atoms with E-state index in [9.17, 15) is 4.79 Å². The van der Waals surface area contributed by atoms with Gasteiger partial charge in [-0.15, -0.1) is 0 Å². The predicted molar refractivity (Wildman–Crippen MR) is 65.4 cm³/mol. The van der Waals surface area contributed by atoms with Crippen molar-refractivity contribution in [3.8, 4) is 11.5 Å². The molecule has 0 saturated heterocycles. The normalized spacial score (nSPS) is 10.9. The van der Waals surface area contributed by atoms with Crippen molar-refractivity contribution in [3.63, 3.8) is 0 Å². The second-order valence-electron chi connectivity index (χ2n) is 3.98. The highest BCUT2D eigenvalue weighted by Gasteiger charge is 2.15. The van der Waals surface area contributed by atoms with Gasteiger partial charge < -0.3 is 14.1 Å². The van der Waals surface area contributed by atoms with Gasteiger partial charge in [-0.3, -0.25) is 0 Å². The van der Waals surface area contributed by atoms with Crippen LogP contribution < -0.4 is 0 Å². The van der Waals surface area contributed by atoms with Gasteiger partial charge in [0.15, 0.2) is 5.76 Å². The molecule has 0 radical (unpaired) electrons. The Morgan fingerprint density at radius 1 is 1.39 bits per heavy atom. The summed E-state index contributed by atoms with van der Waals surface area (Å²) in [5.41, 5.74) is 1.86. The Labute approximate surface area is 102 Å².